The molecule has 3 rings (SSSR count). The zero-order valence-electron chi connectivity index (χ0n) is 8.05. The van der Waals surface area contributed by atoms with Gasteiger partial charge in [0.15, 0.2) is 0 Å². The Kier molecular flexibility index (Phi) is 1.62. The van der Waals surface area contributed by atoms with Gasteiger partial charge in [0.05, 0.1) is 5.69 Å². The molecule has 0 fully saturated rings. The first-order valence-corrected chi connectivity index (χ1v) is 4.86. The zero-order chi connectivity index (χ0) is 10.3. The van der Waals surface area contributed by atoms with Crippen molar-refractivity contribution >= 4 is 10.8 Å². The molecule has 0 saturated carbocycles. The summed E-state index contributed by atoms with van der Waals surface area (Å²) in [4.78, 5) is 12.0. The molecular formula is C13H9NO. The van der Waals surface area contributed by atoms with Gasteiger partial charge in [-0.05, 0) is 18.2 Å². The number of hydrogen-bond acceptors (Lipinski definition) is 1. The lowest BCUT2D eigenvalue weighted by Gasteiger charge is -1.94. The maximum absolute atomic E-state index is 12.0. The third-order valence-electron chi connectivity index (χ3n) is 2.62. The standard InChI is InChI=1S/C13H9NO/c15-13-11-7-4-3-6-10(11)12-8-2-1-5-9-14(12)13/h1-9H. The van der Waals surface area contributed by atoms with Gasteiger partial charge in [0.1, 0.15) is 0 Å². The fourth-order valence-electron chi connectivity index (χ4n) is 1.93. The molecule has 0 atom stereocenters. The van der Waals surface area contributed by atoms with Gasteiger partial charge in [0.2, 0.25) is 0 Å². The molecular weight excluding hydrogens is 186 g/mol. The lowest BCUT2D eigenvalue weighted by Crippen LogP contribution is -2.09. The van der Waals surface area contributed by atoms with Crippen LogP contribution in [0, 0.1) is 0 Å². The molecule has 0 amide bonds. The number of rotatable bonds is 0. The minimum atomic E-state index is 0.0526. The van der Waals surface area contributed by atoms with Gasteiger partial charge < -0.3 is 0 Å². The Morgan fingerprint density at radius 3 is 2.40 bits per heavy atom. The van der Waals surface area contributed by atoms with E-state index in [1.54, 1.807) is 10.8 Å². The minimum Gasteiger partial charge on any atom is -0.283 e. The summed E-state index contributed by atoms with van der Waals surface area (Å²) < 4.78 is 1.69. The second-order valence-corrected chi connectivity index (χ2v) is 3.50. The quantitative estimate of drug-likeness (QED) is 0.540. The maximum atomic E-state index is 12.0. The molecule has 2 aliphatic rings. The normalized spacial score (nSPS) is 10.9. The highest BCUT2D eigenvalue weighted by atomic mass is 16.1. The third kappa shape index (κ3) is 1.08. The van der Waals surface area contributed by atoms with Gasteiger partial charge in [-0.3, -0.25) is 9.36 Å². The van der Waals surface area contributed by atoms with Gasteiger partial charge in [0.25, 0.3) is 5.56 Å². The van der Waals surface area contributed by atoms with Crippen molar-refractivity contribution in [1.29, 1.82) is 0 Å². The summed E-state index contributed by atoms with van der Waals surface area (Å²) in [7, 11) is 0. The summed E-state index contributed by atoms with van der Waals surface area (Å²) in [5.74, 6) is 0. The van der Waals surface area contributed by atoms with Crippen LogP contribution in [-0.2, 0) is 0 Å². The van der Waals surface area contributed by atoms with Crippen LogP contribution in [0.5, 0.6) is 0 Å². The van der Waals surface area contributed by atoms with Gasteiger partial charge in [-0.25, -0.2) is 0 Å². The van der Waals surface area contributed by atoms with Crippen molar-refractivity contribution in [3.63, 3.8) is 0 Å². The Morgan fingerprint density at radius 1 is 0.800 bits per heavy atom. The summed E-state index contributed by atoms with van der Waals surface area (Å²) in [6, 6.07) is 15.4. The van der Waals surface area contributed by atoms with Crippen LogP contribution in [0.15, 0.2) is 59.5 Å². The van der Waals surface area contributed by atoms with Crippen molar-refractivity contribution in [1.82, 2.24) is 4.57 Å². The van der Waals surface area contributed by atoms with Crippen molar-refractivity contribution in [2.45, 2.75) is 0 Å². The molecule has 0 N–H and O–H groups in total. The smallest absolute Gasteiger partial charge is 0.263 e. The summed E-state index contributed by atoms with van der Waals surface area (Å²) in [5, 5.41) is 1.79. The van der Waals surface area contributed by atoms with E-state index in [2.05, 4.69) is 0 Å². The molecule has 0 unspecified atom stereocenters. The van der Waals surface area contributed by atoms with Crippen LogP contribution in [0.2, 0.25) is 0 Å². The molecule has 0 bridgehead atoms. The Hall–Kier alpha value is -2.09. The molecule has 2 heterocycles. The predicted molar refractivity (Wildman–Crippen MR) is 60.7 cm³/mol. The van der Waals surface area contributed by atoms with Crippen molar-refractivity contribution in [2.24, 2.45) is 0 Å². The Bertz CT molecular complexity index is 654. The first-order valence-electron chi connectivity index (χ1n) is 4.86. The summed E-state index contributed by atoms with van der Waals surface area (Å²) in [6.07, 6.45) is 1.80. The third-order valence-corrected chi connectivity index (χ3v) is 2.62. The van der Waals surface area contributed by atoms with Crippen molar-refractivity contribution in [2.75, 3.05) is 0 Å². The molecule has 72 valence electrons. The first kappa shape index (κ1) is 8.24. The van der Waals surface area contributed by atoms with E-state index < -0.39 is 0 Å². The average Bonchev–Trinajstić information content (AvgIpc) is 2.48. The molecule has 0 aromatic heterocycles. The lowest BCUT2D eigenvalue weighted by molar-refractivity contribution is 1.05. The van der Waals surface area contributed by atoms with E-state index in [4.69, 9.17) is 0 Å². The molecule has 0 saturated heterocycles. The summed E-state index contributed by atoms with van der Waals surface area (Å²) in [6.45, 7) is 0. The summed E-state index contributed by atoms with van der Waals surface area (Å²) in [5.41, 5.74) is 1.01. The van der Waals surface area contributed by atoms with Gasteiger partial charge in [-0.1, -0.05) is 30.3 Å². The zero-order valence-corrected chi connectivity index (χ0v) is 8.05. The number of hydrogen-bond donors (Lipinski definition) is 0. The predicted octanol–water partition coefficient (Wildman–Crippen LogP) is 2.43. The van der Waals surface area contributed by atoms with Gasteiger partial charge in [-0.15, -0.1) is 0 Å². The molecule has 0 radical (unpaired) electrons. The van der Waals surface area contributed by atoms with Gasteiger partial charge in [0, 0.05) is 17.0 Å². The highest BCUT2D eigenvalue weighted by Gasteiger charge is 2.10. The number of fused-ring (bicyclic) bond motifs is 3. The van der Waals surface area contributed by atoms with Crippen LogP contribution in [0.4, 0.5) is 0 Å². The summed E-state index contributed by atoms with van der Waals surface area (Å²) >= 11 is 0. The van der Waals surface area contributed by atoms with Crippen molar-refractivity contribution < 1.29 is 0 Å². The highest BCUT2D eigenvalue weighted by molar-refractivity contribution is 5.91. The van der Waals surface area contributed by atoms with Crippen LogP contribution in [-0.4, -0.2) is 4.57 Å². The first-order chi connectivity index (χ1) is 7.38. The van der Waals surface area contributed by atoms with Gasteiger partial charge >= 0.3 is 0 Å². The lowest BCUT2D eigenvalue weighted by atomic mass is 10.2. The van der Waals surface area contributed by atoms with Crippen LogP contribution in [0.1, 0.15) is 0 Å². The molecule has 1 aromatic carbocycles. The second kappa shape index (κ2) is 2.95. The molecule has 15 heavy (non-hydrogen) atoms. The van der Waals surface area contributed by atoms with E-state index in [1.807, 2.05) is 48.5 Å². The topological polar surface area (TPSA) is 22.0 Å². The van der Waals surface area contributed by atoms with Gasteiger partial charge in [-0.2, -0.15) is 0 Å². The van der Waals surface area contributed by atoms with Crippen LogP contribution >= 0.6 is 0 Å². The number of benzene rings is 1. The largest absolute Gasteiger partial charge is 0.283 e. The SMILES string of the molecule is O=c1c2ccccc2c2cccccn1-2. The van der Waals surface area contributed by atoms with E-state index in [1.165, 1.54) is 0 Å². The van der Waals surface area contributed by atoms with E-state index >= 15 is 0 Å². The molecule has 0 aliphatic carbocycles. The van der Waals surface area contributed by atoms with Crippen LogP contribution in [0.3, 0.4) is 0 Å². The fourth-order valence-corrected chi connectivity index (χ4v) is 1.93. The fraction of sp³-hybridized carbons (Fsp3) is 0. The average molecular weight is 195 g/mol. The van der Waals surface area contributed by atoms with E-state index in [0.717, 1.165) is 16.5 Å². The molecule has 2 heteroatoms. The Morgan fingerprint density at radius 2 is 1.53 bits per heavy atom. The Labute approximate surface area is 86.7 Å². The number of aromatic nitrogens is 1. The van der Waals surface area contributed by atoms with E-state index in [9.17, 15) is 4.79 Å². The van der Waals surface area contributed by atoms with Crippen molar-refractivity contribution in [3.8, 4) is 5.69 Å². The van der Waals surface area contributed by atoms with Crippen molar-refractivity contribution in [3.05, 3.63) is 65.1 Å². The molecule has 2 aliphatic heterocycles. The monoisotopic (exact) mass is 195 g/mol. The second-order valence-electron chi connectivity index (χ2n) is 3.50. The number of nitrogens with zero attached hydrogens (tertiary/aromatic N) is 1. The van der Waals surface area contributed by atoms with Crippen LogP contribution < -0.4 is 5.56 Å². The van der Waals surface area contributed by atoms with E-state index in [-0.39, 0.29) is 5.56 Å². The molecule has 2 nitrogen and oxygen atoms in total. The molecule has 0 spiro atoms. The minimum absolute atomic E-state index is 0.0526. The van der Waals surface area contributed by atoms with Crippen LogP contribution in [0.25, 0.3) is 16.5 Å². The highest BCUT2D eigenvalue weighted by Crippen LogP contribution is 2.20. The molecule has 1 aromatic rings. The maximum Gasteiger partial charge on any atom is 0.263 e. The Balaban J connectivity index is 2.64. The van der Waals surface area contributed by atoms with E-state index in [0.29, 0.717) is 0 Å².